The Bertz CT molecular complexity index is 1280. The van der Waals surface area contributed by atoms with E-state index in [0.29, 0.717) is 55.8 Å². The summed E-state index contributed by atoms with van der Waals surface area (Å²) >= 11 is 6.66. The lowest BCUT2D eigenvalue weighted by Crippen LogP contribution is -2.34. The summed E-state index contributed by atoms with van der Waals surface area (Å²) in [7, 11) is -1.59. The number of carbonyl (C=O) groups excluding carboxylic acids is 1. The standard InChI is InChI=1S/C25H34ClF2N5O4S/c1-4-33-23(17-14-29-20(12-18(17)37-2)31-19-6-5-11-25(19,27)28)21(26)22(32-33)24(34)30-13-15-7-9-16(10-8-15)38(3,35)36/h12,14-16,19H,4-11,13H2,1-3H3,(H,29,31)(H,30,34)/t15?,16?,19-/m1/s1. The van der Waals surface area contributed by atoms with Crippen LogP contribution in [0.15, 0.2) is 12.3 Å². The van der Waals surface area contributed by atoms with E-state index >= 15 is 0 Å². The molecule has 1 atom stereocenters. The molecule has 0 radical (unpaired) electrons. The molecule has 0 spiro atoms. The van der Waals surface area contributed by atoms with Crippen molar-refractivity contribution < 1.29 is 26.7 Å². The van der Waals surface area contributed by atoms with Crippen molar-refractivity contribution in [2.45, 2.75) is 75.6 Å². The molecule has 4 rings (SSSR count). The van der Waals surface area contributed by atoms with Crippen LogP contribution in [0, 0.1) is 5.92 Å². The molecule has 0 bridgehead atoms. The van der Waals surface area contributed by atoms with Gasteiger partial charge >= 0.3 is 0 Å². The summed E-state index contributed by atoms with van der Waals surface area (Å²) < 4.78 is 58.8. The van der Waals surface area contributed by atoms with Crippen molar-refractivity contribution in [3.63, 3.8) is 0 Å². The van der Waals surface area contributed by atoms with E-state index in [4.69, 9.17) is 16.3 Å². The fourth-order valence-corrected chi connectivity index (χ4v) is 6.75. The summed E-state index contributed by atoms with van der Waals surface area (Å²) in [5.74, 6) is -2.43. The number of rotatable bonds is 9. The first-order chi connectivity index (χ1) is 17.9. The minimum Gasteiger partial charge on any atom is -0.496 e. The molecule has 2 fully saturated rings. The molecule has 2 heterocycles. The number of aromatic nitrogens is 3. The first-order valence-electron chi connectivity index (χ1n) is 12.9. The second-order valence-electron chi connectivity index (χ2n) is 10.1. The zero-order chi connectivity index (χ0) is 27.7. The smallest absolute Gasteiger partial charge is 0.273 e. The Morgan fingerprint density at radius 2 is 1.97 bits per heavy atom. The number of pyridine rings is 1. The Balaban J connectivity index is 1.49. The Morgan fingerprint density at radius 1 is 1.26 bits per heavy atom. The quantitative estimate of drug-likeness (QED) is 0.452. The minimum atomic E-state index is -3.05. The number of ether oxygens (including phenoxy) is 1. The predicted molar refractivity (Wildman–Crippen MR) is 142 cm³/mol. The number of methoxy groups -OCH3 is 1. The van der Waals surface area contributed by atoms with Crippen molar-refractivity contribution in [1.29, 1.82) is 0 Å². The van der Waals surface area contributed by atoms with Crippen LogP contribution in [-0.4, -0.2) is 66.2 Å². The van der Waals surface area contributed by atoms with E-state index in [1.54, 1.807) is 10.7 Å². The number of hydrogen-bond acceptors (Lipinski definition) is 7. The summed E-state index contributed by atoms with van der Waals surface area (Å²) in [6, 6.07) is 0.548. The van der Waals surface area contributed by atoms with E-state index in [2.05, 4.69) is 20.7 Å². The number of anilines is 1. The second-order valence-corrected chi connectivity index (χ2v) is 12.8. The lowest BCUT2D eigenvalue weighted by atomic mass is 9.89. The second kappa shape index (κ2) is 11.3. The van der Waals surface area contributed by atoms with Gasteiger partial charge < -0.3 is 15.4 Å². The molecule has 38 heavy (non-hydrogen) atoms. The van der Waals surface area contributed by atoms with Gasteiger partial charge in [0.1, 0.15) is 21.4 Å². The van der Waals surface area contributed by atoms with Crippen LogP contribution in [0.2, 0.25) is 5.02 Å². The maximum atomic E-state index is 14.1. The van der Waals surface area contributed by atoms with Crippen LogP contribution in [0.3, 0.4) is 0 Å². The fourth-order valence-electron chi connectivity index (χ4n) is 5.30. The molecule has 2 N–H and O–H groups in total. The predicted octanol–water partition coefficient (Wildman–Crippen LogP) is 4.56. The molecule has 13 heteroatoms. The molecule has 0 saturated heterocycles. The number of sulfone groups is 1. The Kier molecular flexibility index (Phi) is 8.51. The highest BCUT2D eigenvalue weighted by Crippen LogP contribution is 2.40. The number of halogens is 3. The van der Waals surface area contributed by atoms with E-state index in [9.17, 15) is 22.0 Å². The van der Waals surface area contributed by atoms with Crippen LogP contribution in [0.1, 0.15) is 62.4 Å². The Hall–Kier alpha value is -2.47. The minimum absolute atomic E-state index is 0.0585. The molecule has 0 aliphatic heterocycles. The number of nitrogens with one attached hydrogen (secondary N) is 2. The molecule has 0 aromatic carbocycles. The molecule has 2 saturated carbocycles. The monoisotopic (exact) mass is 573 g/mol. The van der Waals surface area contributed by atoms with Crippen LogP contribution < -0.4 is 15.4 Å². The normalized spacial score (nSPS) is 23.3. The van der Waals surface area contributed by atoms with Gasteiger partial charge in [0.25, 0.3) is 11.8 Å². The van der Waals surface area contributed by atoms with Crippen molar-refractivity contribution in [2.24, 2.45) is 5.92 Å². The van der Waals surface area contributed by atoms with E-state index in [1.165, 1.54) is 19.6 Å². The highest BCUT2D eigenvalue weighted by atomic mass is 35.5. The zero-order valence-corrected chi connectivity index (χ0v) is 23.3. The van der Waals surface area contributed by atoms with Crippen LogP contribution in [0.5, 0.6) is 5.75 Å². The molecule has 9 nitrogen and oxygen atoms in total. The average molecular weight is 574 g/mol. The molecular formula is C25H34ClF2N5O4S. The van der Waals surface area contributed by atoms with Crippen molar-refractivity contribution in [3.8, 4) is 17.0 Å². The molecule has 2 aromatic rings. The largest absolute Gasteiger partial charge is 0.496 e. The van der Waals surface area contributed by atoms with E-state index in [0.717, 1.165) is 12.8 Å². The first-order valence-corrected chi connectivity index (χ1v) is 15.2. The topological polar surface area (TPSA) is 115 Å². The first kappa shape index (κ1) is 28.5. The number of hydrogen-bond donors (Lipinski definition) is 2. The van der Waals surface area contributed by atoms with Gasteiger partial charge in [0, 0.05) is 38.0 Å². The van der Waals surface area contributed by atoms with Gasteiger partial charge in [-0.15, -0.1) is 0 Å². The Morgan fingerprint density at radius 3 is 2.55 bits per heavy atom. The number of alkyl halides is 2. The van der Waals surface area contributed by atoms with Crippen LogP contribution in [0.25, 0.3) is 11.3 Å². The van der Waals surface area contributed by atoms with Gasteiger partial charge in [-0.25, -0.2) is 22.2 Å². The number of nitrogens with zero attached hydrogens (tertiary/aromatic N) is 3. The third-order valence-corrected chi connectivity index (χ3v) is 9.58. The summed E-state index contributed by atoms with van der Waals surface area (Å²) in [6.07, 6.45) is 6.00. The van der Waals surface area contributed by atoms with Crippen LogP contribution in [0.4, 0.5) is 14.6 Å². The third kappa shape index (κ3) is 6.06. The molecule has 2 aromatic heterocycles. The van der Waals surface area contributed by atoms with Gasteiger partial charge in [0.15, 0.2) is 5.69 Å². The van der Waals surface area contributed by atoms with E-state index < -0.39 is 27.7 Å². The molecule has 1 amide bonds. The molecule has 0 unspecified atom stereocenters. The molecule has 2 aliphatic carbocycles. The number of carbonyl (C=O) groups is 1. The van der Waals surface area contributed by atoms with Gasteiger partial charge in [-0.3, -0.25) is 9.48 Å². The maximum Gasteiger partial charge on any atom is 0.273 e. The number of amides is 1. The van der Waals surface area contributed by atoms with Gasteiger partial charge in [0.2, 0.25) is 0 Å². The van der Waals surface area contributed by atoms with Crippen LogP contribution >= 0.6 is 11.6 Å². The van der Waals surface area contributed by atoms with E-state index in [1.807, 2.05) is 6.92 Å². The highest BCUT2D eigenvalue weighted by Gasteiger charge is 2.44. The molecule has 210 valence electrons. The van der Waals surface area contributed by atoms with Crippen molar-refractivity contribution in [1.82, 2.24) is 20.1 Å². The lowest BCUT2D eigenvalue weighted by molar-refractivity contribution is -0.000700. The lowest BCUT2D eigenvalue weighted by Gasteiger charge is -2.27. The van der Waals surface area contributed by atoms with Crippen molar-refractivity contribution in [2.75, 3.05) is 25.2 Å². The summed E-state index contributed by atoms with van der Waals surface area (Å²) in [4.78, 5) is 17.3. The summed E-state index contributed by atoms with van der Waals surface area (Å²) in [5, 5.41) is 9.93. The van der Waals surface area contributed by atoms with Gasteiger partial charge in [0.05, 0.1) is 34.7 Å². The van der Waals surface area contributed by atoms with Crippen molar-refractivity contribution in [3.05, 3.63) is 23.0 Å². The third-order valence-electron chi connectivity index (χ3n) is 7.54. The SMILES string of the molecule is CCn1nc(C(=O)NCC2CCC(S(C)(=O)=O)CC2)c(Cl)c1-c1cnc(N[C@@H]2CCCC2(F)F)cc1OC. The van der Waals surface area contributed by atoms with Gasteiger partial charge in [-0.05, 0) is 51.4 Å². The van der Waals surface area contributed by atoms with Crippen molar-refractivity contribution >= 4 is 33.2 Å². The number of aryl methyl sites for hydroxylation is 1. The highest BCUT2D eigenvalue weighted by molar-refractivity contribution is 7.91. The average Bonchev–Trinajstić information content (AvgIpc) is 3.39. The zero-order valence-electron chi connectivity index (χ0n) is 21.8. The maximum absolute atomic E-state index is 14.1. The summed E-state index contributed by atoms with van der Waals surface area (Å²) in [5.41, 5.74) is 0.979. The van der Waals surface area contributed by atoms with Gasteiger partial charge in [-0.2, -0.15) is 5.10 Å². The van der Waals surface area contributed by atoms with Crippen LogP contribution in [-0.2, 0) is 16.4 Å². The fraction of sp³-hybridized carbons (Fsp3) is 0.640. The van der Waals surface area contributed by atoms with E-state index in [-0.39, 0.29) is 34.1 Å². The molecular weight excluding hydrogens is 540 g/mol. The van der Waals surface area contributed by atoms with Gasteiger partial charge in [-0.1, -0.05) is 11.6 Å². The summed E-state index contributed by atoms with van der Waals surface area (Å²) in [6.45, 7) is 2.67. The Labute approximate surface area is 226 Å². The molecule has 2 aliphatic rings.